The van der Waals surface area contributed by atoms with E-state index in [0.29, 0.717) is 35.1 Å². The van der Waals surface area contributed by atoms with E-state index in [4.69, 9.17) is 16.2 Å². The molecule has 15 N–H and O–H groups in total. The predicted octanol–water partition coefficient (Wildman–Crippen LogP) is 4.70. The first-order valence-electron chi connectivity index (χ1n) is 30.7. The van der Waals surface area contributed by atoms with Crippen LogP contribution in [0.3, 0.4) is 0 Å². The molecule has 91 heavy (non-hydrogen) atoms. The van der Waals surface area contributed by atoms with Crippen LogP contribution in [0.15, 0.2) is 122 Å². The van der Waals surface area contributed by atoms with Crippen LogP contribution in [0.4, 0.5) is 4.79 Å². The van der Waals surface area contributed by atoms with Gasteiger partial charge in [-0.3, -0.25) is 43.2 Å². The molecule has 24 heteroatoms. The van der Waals surface area contributed by atoms with Crippen LogP contribution in [0.25, 0.3) is 32.7 Å². The van der Waals surface area contributed by atoms with Crippen LogP contribution in [0, 0.1) is 5.92 Å². The van der Waals surface area contributed by atoms with Crippen molar-refractivity contribution in [2.45, 2.75) is 167 Å². The summed E-state index contributed by atoms with van der Waals surface area (Å²) in [6.45, 7) is 12.0. The van der Waals surface area contributed by atoms with E-state index in [1.165, 1.54) is 6.92 Å². The van der Waals surface area contributed by atoms with Crippen molar-refractivity contribution >= 4 is 92.0 Å². The molecule has 0 radical (unpaired) electrons. The number of carbonyl (C=O) groups is 10. The molecule has 3 heterocycles. The molecular weight excluding hydrogens is 1160 g/mol. The predicted molar refractivity (Wildman–Crippen MR) is 345 cm³/mol. The fourth-order valence-electron chi connectivity index (χ4n) is 10.7. The number of ether oxygens (including phenoxy) is 1. The lowest BCUT2D eigenvalue weighted by Gasteiger charge is -2.28. The number of amides is 10. The molecule has 0 unspecified atom stereocenters. The molecule has 0 aliphatic heterocycles. The number of nitrogens with two attached hydrogens (primary N) is 2. The highest BCUT2D eigenvalue weighted by atomic mass is 16.6. The lowest BCUT2D eigenvalue weighted by atomic mass is 9.99. The number of rotatable bonds is 32. The molecule has 7 aromatic rings. The maximum absolute atomic E-state index is 15.2. The molecule has 0 saturated carbocycles. The van der Waals surface area contributed by atoms with Crippen molar-refractivity contribution in [1.82, 2.24) is 57.5 Å². The molecule has 0 saturated heterocycles. The van der Waals surface area contributed by atoms with Gasteiger partial charge in [-0.25, -0.2) is 4.79 Å². The third-order valence-corrected chi connectivity index (χ3v) is 15.4. The van der Waals surface area contributed by atoms with Crippen molar-refractivity contribution in [3.8, 4) is 0 Å². The van der Waals surface area contributed by atoms with E-state index in [1.54, 1.807) is 75.8 Å². The topological polar surface area (TPSA) is 376 Å². The average Bonchev–Trinajstić information content (AvgIpc) is 2.30. The van der Waals surface area contributed by atoms with Crippen LogP contribution in [-0.2, 0) is 73.6 Å². The lowest BCUT2D eigenvalue weighted by Crippen LogP contribution is -2.61. The number of aromatic nitrogens is 3. The van der Waals surface area contributed by atoms with Crippen molar-refractivity contribution in [2.75, 3.05) is 0 Å². The molecule has 0 aliphatic rings. The van der Waals surface area contributed by atoms with Gasteiger partial charge in [-0.1, -0.05) is 119 Å². The van der Waals surface area contributed by atoms with Gasteiger partial charge in [0.2, 0.25) is 53.2 Å². The zero-order valence-corrected chi connectivity index (χ0v) is 52.5. The summed E-state index contributed by atoms with van der Waals surface area (Å²) in [5, 5.41) is 24.3. The second kappa shape index (κ2) is 32.0. The minimum Gasteiger partial charge on any atom is -0.444 e. The van der Waals surface area contributed by atoms with Gasteiger partial charge in [-0.15, -0.1) is 0 Å². The number of alkyl carbamates (subject to hydrolysis) is 1. The molecule has 4 aromatic carbocycles. The van der Waals surface area contributed by atoms with Crippen LogP contribution in [-0.4, -0.2) is 128 Å². The number of aromatic amines is 3. The number of fused-ring (bicyclic) bond motifs is 3. The normalized spacial score (nSPS) is 14.2. The van der Waals surface area contributed by atoms with Gasteiger partial charge in [0.25, 0.3) is 0 Å². The zero-order chi connectivity index (χ0) is 65.9. The van der Waals surface area contributed by atoms with E-state index >= 15 is 9.59 Å². The summed E-state index contributed by atoms with van der Waals surface area (Å²) in [4.78, 5) is 150. The van der Waals surface area contributed by atoms with Gasteiger partial charge in [-0.05, 0) is 93.3 Å². The highest BCUT2D eigenvalue weighted by molar-refractivity contribution is 5.99. The first-order valence-corrected chi connectivity index (χ1v) is 30.7. The Balaban J connectivity index is 1.17. The number of nitrogens with one attached hydrogen (secondary N) is 11. The van der Waals surface area contributed by atoms with Crippen LogP contribution >= 0.6 is 0 Å². The molecule has 24 nitrogen and oxygen atoms in total. The monoisotopic (exact) mass is 1250 g/mol. The Bertz CT molecular complexity index is 3700. The average molecular weight is 1250 g/mol. The fourth-order valence-corrected chi connectivity index (χ4v) is 10.7. The summed E-state index contributed by atoms with van der Waals surface area (Å²) in [5.74, 6) is -7.03. The molecule has 0 fully saturated rings. The first kappa shape index (κ1) is 68.5. The van der Waals surface area contributed by atoms with Gasteiger partial charge in [0, 0.05) is 83.4 Å². The number of unbranched alkanes of at least 4 members (excludes halogenated alkanes) is 1. The lowest BCUT2D eigenvalue weighted by molar-refractivity contribution is -0.135. The van der Waals surface area contributed by atoms with Crippen molar-refractivity contribution in [3.63, 3.8) is 0 Å². The largest absolute Gasteiger partial charge is 0.444 e. The van der Waals surface area contributed by atoms with Crippen molar-refractivity contribution < 1.29 is 52.7 Å². The van der Waals surface area contributed by atoms with Gasteiger partial charge in [0.15, 0.2) is 0 Å². The molecule has 0 aliphatic carbocycles. The standard InChI is InChI=1S/C67H85N13O11/c1-8-9-24-50(58(69)82)74-62(86)52(30-38(2)3)76-65(89)56(34-43-37-72-49-27-18-15-23-46(43)49)79-63(87)53(31-40-19-11-10-12-20-40)77-64(88)55(33-42-36-71-48-26-17-14-22-45(42)48)75-59(83)39(4)73-61(85)54(32-41-35-70-47-25-16-13-21-44(41)47)78-60(84)51(28-29-57(68)81)80-66(90)91-67(5,6)7/h10-23,25-27,35-39,50-56,70-72H,8-9,24,28-34H2,1-7H3,(H2,68,81)(H2,69,82)(H,73,85)(H,74,86)(H,75,83)(H,76,89)(H,77,88)(H,78,84)(H,79,87)(H,80,90)/t39-,50-,51+,52-,53-,54-,55+,56+/m0/s1. The maximum atomic E-state index is 15.2. The Morgan fingerprint density at radius 2 is 0.835 bits per heavy atom. The summed E-state index contributed by atoms with van der Waals surface area (Å²) >= 11 is 0. The summed E-state index contributed by atoms with van der Waals surface area (Å²) in [6, 6.07) is 20.4. The minimum absolute atomic E-state index is 0.0714. The quantitative estimate of drug-likeness (QED) is 0.0274. The molecule has 3 aromatic heterocycles. The molecular formula is C67H85N13O11. The second-order valence-corrected chi connectivity index (χ2v) is 24.4. The third-order valence-electron chi connectivity index (χ3n) is 15.4. The minimum atomic E-state index is -1.43. The Morgan fingerprint density at radius 3 is 1.26 bits per heavy atom. The van der Waals surface area contributed by atoms with Gasteiger partial charge in [0.05, 0.1) is 0 Å². The third kappa shape index (κ3) is 20.0. The van der Waals surface area contributed by atoms with Gasteiger partial charge >= 0.3 is 6.09 Å². The Kier molecular flexibility index (Phi) is 24.0. The van der Waals surface area contributed by atoms with E-state index < -0.39 is 113 Å². The van der Waals surface area contributed by atoms with Crippen molar-refractivity contribution in [1.29, 1.82) is 0 Å². The number of primary amides is 2. The van der Waals surface area contributed by atoms with Crippen molar-refractivity contribution in [3.05, 3.63) is 144 Å². The van der Waals surface area contributed by atoms with Crippen LogP contribution in [0.2, 0.25) is 0 Å². The smallest absolute Gasteiger partial charge is 0.408 e. The van der Waals surface area contributed by atoms with E-state index in [1.807, 2.05) is 87.5 Å². The Labute approximate surface area is 528 Å². The molecule has 7 rings (SSSR count). The summed E-state index contributed by atoms with van der Waals surface area (Å²) in [7, 11) is 0. The number of carbonyl (C=O) groups excluding carboxylic acids is 10. The number of hydrogen-bond donors (Lipinski definition) is 13. The molecule has 0 spiro atoms. The number of hydrogen-bond acceptors (Lipinski definition) is 11. The summed E-state index contributed by atoms with van der Waals surface area (Å²) in [5.41, 5.74) is 15.0. The summed E-state index contributed by atoms with van der Waals surface area (Å²) in [6.07, 6.45) is 5.01. The maximum Gasteiger partial charge on any atom is 0.408 e. The number of benzene rings is 4. The first-order chi connectivity index (χ1) is 43.4. The highest BCUT2D eigenvalue weighted by Crippen LogP contribution is 2.23. The van der Waals surface area contributed by atoms with Crippen LogP contribution in [0.5, 0.6) is 0 Å². The van der Waals surface area contributed by atoms with Crippen molar-refractivity contribution in [2.24, 2.45) is 17.4 Å². The molecule has 0 bridgehead atoms. The number of H-pyrrole nitrogens is 3. The molecule has 10 amide bonds. The SMILES string of the molecule is CCCC[C@H](NC(=O)[C@H](CC(C)C)NC(=O)[C@@H](Cc1c[nH]c2ccccc12)NC(=O)[C@H](Cc1ccccc1)NC(=O)[C@@H](Cc1c[nH]c2ccccc12)NC(=O)[C@H](C)NC(=O)[C@H](Cc1c[nH]c2ccccc12)NC(=O)[C@@H](CCC(N)=O)NC(=O)OC(C)(C)C)C(N)=O. The Hall–Kier alpha value is -10.00. The molecule has 8 atom stereocenters. The van der Waals surface area contributed by atoms with E-state index in [-0.39, 0.29) is 50.9 Å². The van der Waals surface area contributed by atoms with E-state index in [9.17, 15) is 38.4 Å². The van der Waals surface area contributed by atoms with Crippen LogP contribution in [0.1, 0.15) is 109 Å². The molecule has 484 valence electrons. The Morgan fingerprint density at radius 1 is 0.451 bits per heavy atom. The van der Waals surface area contributed by atoms with E-state index in [0.717, 1.165) is 39.1 Å². The highest BCUT2D eigenvalue weighted by Gasteiger charge is 2.36. The van der Waals surface area contributed by atoms with Gasteiger partial charge < -0.3 is 73.7 Å². The summed E-state index contributed by atoms with van der Waals surface area (Å²) < 4.78 is 5.39. The fraction of sp³-hybridized carbons (Fsp3) is 0.403. The van der Waals surface area contributed by atoms with Gasteiger partial charge in [-0.2, -0.15) is 0 Å². The zero-order valence-electron chi connectivity index (χ0n) is 52.5. The second-order valence-electron chi connectivity index (χ2n) is 24.4. The van der Waals surface area contributed by atoms with Crippen LogP contribution < -0.4 is 54.0 Å². The number of para-hydroxylation sites is 3. The van der Waals surface area contributed by atoms with Gasteiger partial charge in [0.1, 0.15) is 53.9 Å². The van der Waals surface area contributed by atoms with E-state index in [2.05, 4.69) is 57.5 Å².